The molecule has 0 aliphatic rings. The van der Waals surface area contributed by atoms with E-state index in [0.29, 0.717) is 16.5 Å². The highest BCUT2D eigenvalue weighted by molar-refractivity contribution is 8.00. The number of anilines is 2. The summed E-state index contributed by atoms with van der Waals surface area (Å²) >= 11 is 1.32. The Balaban J connectivity index is 1.69. The van der Waals surface area contributed by atoms with E-state index < -0.39 is 11.6 Å². The van der Waals surface area contributed by atoms with Gasteiger partial charge >= 0.3 is 0 Å². The first-order valence-electron chi connectivity index (χ1n) is 9.49. The van der Waals surface area contributed by atoms with E-state index in [0.717, 1.165) is 22.4 Å². The van der Waals surface area contributed by atoms with E-state index in [-0.39, 0.29) is 17.2 Å². The zero-order valence-corrected chi connectivity index (χ0v) is 17.4. The van der Waals surface area contributed by atoms with Crippen molar-refractivity contribution < 1.29 is 8.78 Å². The molecule has 4 aromatic rings. The molecule has 0 bridgehead atoms. The van der Waals surface area contributed by atoms with E-state index in [2.05, 4.69) is 33.7 Å². The molecule has 4 rings (SSSR count). The molecule has 0 amide bonds. The number of rotatable bonds is 5. The number of nitrogens with two attached hydrogens (primary N) is 1. The van der Waals surface area contributed by atoms with Crippen molar-refractivity contribution in [1.29, 1.82) is 0 Å². The number of benzene rings is 3. The lowest BCUT2D eigenvalue weighted by Crippen LogP contribution is -1.99. The van der Waals surface area contributed by atoms with Crippen LogP contribution in [0.1, 0.15) is 18.1 Å². The van der Waals surface area contributed by atoms with Crippen molar-refractivity contribution in [3.63, 3.8) is 0 Å². The maximum absolute atomic E-state index is 15.3. The Bertz CT molecular complexity index is 1240. The number of nitrogen functional groups attached to an aromatic ring is 1. The van der Waals surface area contributed by atoms with Crippen LogP contribution in [0.2, 0.25) is 0 Å². The second kappa shape index (κ2) is 8.28. The normalized spacial score (nSPS) is 11.1. The first-order chi connectivity index (χ1) is 14.5. The van der Waals surface area contributed by atoms with Crippen molar-refractivity contribution in [2.75, 3.05) is 10.5 Å². The lowest BCUT2D eigenvalue weighted by Gasteiger charge is -2.14. The standard InChI is InChI=1S/C23H20F2N4S/c1-3-14-5-4-13(2)10-20(14)30-29-19-9-7-17(24)21(22(19)25)15-6-8-18-16(11-15)12-27-23(26)28-18/h4-12,29H,3H2,1-2H3,(H2,26,27,28). The Kier molecular flexibility index (Phi) is 5.55. The van der Waals surface area contributed by atoms with Gasteiger partial charge in [0.05, 0.1) is 16.8 Å². The van der Waals surface area contributed by atoms with Gasteiger partial charge in [0.25, 0.3) is 0 Å². The minimum atomic E-state index is -0.649. The van der Waals surface area contributed by atoms with Crippen LogP contribution < -0.4 is 10.5 Å². The molecule has 7 heteroatoms. The van der Waals surface area contributed by atoms with Gasteiger partial charge in [-0.05, 0) is 72.3 Å². The predicted octanol–water partition coefficient (Wildman–Crippen LogP) is 6.15. The van der Waals surface area contributed by atoms with Crippen molar-refractivity contribution in [3.8, 4) is 11.1 Å². The molecule has 30 heavy (non-hydrogen) atoms. The smallest absolute Gasteiger partial charge is 0.220 e. The lowest BCUT2D eigenvalue weighted by molar-refractivity contribution is 0.592. The number of nitrogens with zero attached hydrogens (tertiary/aromatic N) is 2. The molecule has 152 valence electrons. The summed E-state index contributed by atoms with van der Waals surface area (Å²) in [6.45, 7) is 4.08. The zero-order valence-electron chi connectivity index (χ0n) is 16.5. The molecule has 3 aromatic carbocycles. The highest BCUT2D eigenvalue weighted by Gasteiger charge is 2.17. The third kappa shape index (κ3) is 3.93. The average molecular weight is 423 g/mol. The molecule has 3 N–H and O–H groups in total. The number of aryl methyl sites for hydroxylation is 2. The number of hydrogen-bond acceptors (Lipinski definition) is 5. The quantitative estimate of drug-likeness (QED) is 0.378. The topological polar surface area (TPSA) is 63.8 Å². The van der Waals surface area contributed by atoms with Crippen LogP contribution in [0.25, 0.3) is 22.0 Å². The zero-order chi connectivity index (χ0) is 21.3. The predicted molar refractivity (Wildman–Crippen MR) is 119 cm³/mol. The largest absolute Gasteiger partial charge is 0.368 e. The van der Waals surface area contributed by atoms with Crippen molar-refractivity contribution in [2.24, 2.45) is 0 Å². The fourth-order valence-electron chi connectivity index (χ4n) is 3.26. The number of nitrogens with one attached hydrogen (secondary N) is 1. The summed E-state index contributed by atoms with van der Waals surface area (Å²) < 4.78 is 32.9. The molecule has 0 unspecified atom stereocenters. The van der Waals surface area contributed by atoms with Gasteiger partial charge in [0.2, 0.25) is 5.95 Å². The molecular formula is C23H20F2N4S. The maximum atomic E-state index is 15.3. The van der Waals surface area contributed by atoms with Crippen molar-refractivity contribution in [3.05, 3.63) is 77.5 Å². The highest BCUT2D eigenvalue weighted by Crippen LogP contribution is 2.34. The van der Waals surface area contributed by atoms with Crippen LogP contribution in [0.4, 0.5) is 20.4 Å². The fraction of sp³-hybridized carbons (Fsp3) is 0.130. The summed E-state index contributed by atoms with van der Waals surface area (Å²) in [5.41, 5.74) is 9.02. The van der Waals surface area contributed by atoms with Gasteiger partial charge in [-0.1, -0.05) is 25.1 Å². The Morgan fingerprint density at radius 2 is 1.90 bits per heavy atom. The number of halogens is 2. The number of aromatic nitrogens is 2. The molecule has 0 aliphatic heterocycles. The first kappa shape index (κ1) is 20.1. The summed E-state index contributed by atoms with van der Waals surface area (Å²) in [6.07, 6.45) is 2.41. The van der Waals surface area contributed by atoms with E-state index in [1.165, 1.54) is 24.1 Å². The van der Waals surface area contributed by atoms with Gasteiger partial charge in [-0.15, -0.1) is 0 Å². The summed E-state index contributed by atoms with van der Waals surface area (Å²) in [7, 11) is 0. The van der Waals surface area contributed by atoms with Gasteiger partial charge in [0.1, 0.15) is 5.82 Å². The molecule has 0 spiro atoms. The van der Waals surface area contributed by atoms with Gasteiger partial charge in [0.15, 0.2) is 5.82 Å². The summed E-state index contributed by atoms with van der Waals surface area (Å²) in [4.78, 5) is 9.09. The van der Waals surface area contributed by atoms with Gasteiger partial charge in [-0.25, -0.2) is 18.7 Å². The van der Waals surface area contributed by atoms with E-state index in [4.69, 9.17) is 5.73 Å². The Hall–Kier alpha value is -3.19. The maximum Gasteiger partial charge on any atom is 0.220 e. The fourth-order valence-corrected chi connectivity index (χ4v) is 4.22. The molecule has 4 nitrogen and oxygen atoms in total. The van der Waals surface area contributed by atoms with Crippen molar-refractivity contribution in [2.45, 2.75) is 25.2 Å². The Morgan fingerprint density at radius 3 is 2.70 bits per heavy atom. The molecule has 0 saturated heterocycles. The van der Waals surface area contributed by atoms with E-state index >= 15 is 4.39 Å². The molecule has 0 saturated carbocycles. The molecule has 0 fully saturated rings. The lowest BCUT2D eigenvalue weighted by atomic mass is 10.0. The van der Waals surface area contributed by atoms with Crippen LogP contribution in [-0.2, 0) is 6.42 Å². The van der Waals surface area contributed by atoms with Crippen LogP contribution in [0.15, 0.2) is 59.6 Å². The minimum absolute atomic E-state index is 0.0979. The van der Waals surface area contributed by atoms with E-state index in [1.54, 1.807) is 24.4 Å². The average Bonchev–Trinajstić information content (AvgIpc) is 2.73. The number of hydrogen-bond donors (Lipinski definition) is 2. The SMILES string of the molecule is CCc1ccc(C)cc1SNc1ccc(F)c(-c2ccc3nc(N)ncc3c2)c1F. The second-order valence-electron chi connectivity index (χ2n) is 6.95. The van der Waals surface area contributed by atoms with Crippen LogP contribution in [-0.4, -0.2) is 9.97 Å². The molecule has 0 radical (unpaired) electrons. The summed E-state index contributed by atoms with van der Waals surface area (Å²) in [5, 5.41) is 0.653. The molecule has 0 atom stereocenters. The van der Waals surface area contributed by atoms with Crippen LogP contribution >= 0.6 is 11.9 Å². The van der Waals surface area contributed by atoms with E-state index in [9.17, 15) is 4.39 Å². The molecular weight excluding hydrogens is 402 g/mol. The van der Waals surface area contributed by atoms with Gasteiger partial charge < -0.3 is 10.5 Å². The van der Waals surface area contributed by atoms with Crippen molar-refractivity contribution in [1.82, 2.24) is 9.97 Å². The van der Waals surface area contributed by atoms with Gasteiger partial charge in [-0.2, -0.15) is 0 Å². The van der Waals surface area contributed by atoms with Gasteiger partial charge in [0, 0.05) is 16.5 Å². The third-order valence-corrected chi connectivity index (χ3v) is 5.77. The first-order valence-corrected chi connectivity index (χ1v) is 10.3. The molecule has 1 aromatic heterocycles. The second-order valence-corrected chi connectivity index (χ2v) is 7.80. The molecule has 1 heterocycles. The minimum Gasteiger partial charge on any atom is -0.368 e. The molecule has 0 aliphatic carbocycles. The van der Waals surface area contributed by atoms with Crippen LogP contribution in [0.5, 0.6) is 0 Å². The summed E-state index contributed by atoms with van der Waals surface area (Å²) in [5.74, 6) is -1.13. The Labute approximate surface area is 177 Å². The van der Waals surface area contributed by atoms with Crippen LogP contribution in [0.3, 0.4) is 0 Å². The van der Waals surface area contributed by atoms with Crippen LogP contribution in [0, 0.1) is 18.6 Å². The van der Waals surface area contributed by atoms with Crippen molar-refractivity contribution >= 4 is 34.5 Å². The van der Waals surface area contributed by atoms with Gasteiger partial charge in [-0.3, -0.25) is 0 Å². The third-order valence-electron chi connectivity index (χ3n) is 4.85. The summed E-state index contributed by atoms with van der Waals surface area (Å²) in [6, 6.07) is 13.8. The monoisotopic (exact) mass is 422 g/mol. The van der Waals surface area contributed by atoms with E-state index in [1.807, 2.05) is 13.0 Å². The Morgan fingerprint density at radius 1 is 1.07 bits per heavy atom. The highest BCUT2D eigenvalue weighted by atomic mass is 32.2. The number of fused-ring (bicyclic) bond motifs is 1.